The minimum atomic E-state index is -3.82. The third kappa shape index (κ3) is 3.50. The number of aromatic carboxylic acids is 1. The first-order valence-electron chi connectivity index (χ1n) is 6.12. The van der Waals surface area contributed by atoms with Crippen molar-refractivity contribution in [3.63, 3.8) is 0 Å². The lowest BCUT2D eigenvalue weighted by molar-refractivity contribution is 0.0661. The van der Waals surface area contributed by atoms with Gasteiger partial charge < -0.3 is 9.52 Å². The Morgan fingerprint density at radius 1 is 1.48 bits per heavy atom. The standard InChI is InChI=1S/C12H15N3O5S/c1-8-6-13-15(7-8)4-3-14-21(18,19)11-5-10(12(16)17)20-9(11)2/h5-7,14H,3-4H2,1-2H3,(H,16,17). The van der Waals surface area contributed by atoms with Crippen LogP contribution in [0.25, 0.3) is 0 Å². The molecule has 8 nitrogen and oxygen atoms in total. The van der Waals surface area contributed by atoms with Crippen LogP contribution in [0.4, 0.5) is 0 Å². The number of nitrogens with one attached hydrogen (secondary N) is 1. The molecule has 21 heavy (non-hydrogen) atoms. The summed E-state index contributed by atoms with van der Waals surface area (Å²) in [4.78, 5) is 10.6. The van der Waals surface area contributed by atoms with Crippen LogP contribution < -0.4 is 4.72 Å². The number of sulfonamides is 1. The average molecular weight is 313 g/mol. The third-order valence-corrected chi connectivity index (χ3v) is 4.34. The summed E-state index contributed by atoms with van der Waals surface area (Å²) in [7, 11) is -3.82. The zero-order valence-corrected chi connectivity index (χ0v) is 12.3. The summed E-state index contributed by atoms with van der Waals surface area (Å²) < 4.78 is 33.1. The van der Waals surface area contributed by atoms with Crippen LogP contribution in [0.15, 0.2) is 27.8 Å². The third-order valence-electron chi connectivity index (χ3n) is 2.77. The quantitative estimate of drug-likeness (QED) is 0.814. The minimum absolute atomic E-state index is 0.0369. The maximum Gasteiger partial charge on any atom is 0.371 e. The van der Waals surface area contributed by atoms with Crippen LogP contribution in [0.1, 0.15) is 21.9 Å². The van der Waals surface area contributed by atoms with E-state index >= 15 is 0 Å². The molecule has 2 aromatic heterocycles. The minimum Gasteiger partial charge on any atom is -0.475 e. The molecular weight excluding hydrogens is 298 g/mol. The Kier molecular flexibility index (Phi) is 4.14. The van der Waals surface area contributed by atoms with Gasteiger partial charge >= 0.3 is 5.97 Å². The molecule has 0 radical (unpaired) electrons. The summed E-state index contributed by atoms with van der Waals surface area (Å²) in [6.45, 7) is 3.79. The summed E-state index contributed by atoms with van der Waals surface area (Å²) in [5.41, 5.74) is 0.981. The Balaban J connectivity index is 2.06. The van der Waals surface area contributed by atoms with E-state index in [2.05, 4.69) is 9.82 Å². The fourth-order valence-electron chi connectivity index (χ4n) is 1.80. The monoisotopic (exact) mass is 313 g/mol. The second-order valence-electron chi connectivity index (χ2n) is 4.51. The molecule has 2 aromatic rings. The number of aryl methyl sites for hydroxylation is 2. The first kappa shape index (κ1) is 15.3. The van der Waals surface area contributed by atoms with Crippen molar-refractivity contribution in [2.75, 3.05) is 6.54 Å². The molecule has 0 saturated heterocycles. The molecule has 0 aliphatic heterocycles. The van der Waals surface area contributed by atoms with Gasteiger partial charge in [-0.05, 0) is 19.4 Å². The largest absolute Gasteiger partial charge is 0.475 e. The van der Waals surface area contributed by atoms with E-state index in [1.54, 1.807) is 17.1 Å². The van der Waals surface area contributed by atoms with Crippen molar-refractivity contribution in [2.45, 2.75) is 25.3 Å². The number of furan rings is 1. The Hall–Kier alpha value is -2.13. The van der Waals surface area contributed by atoms with Crippen molar-refractivity contribution in [3.8, 4) is 0 Å². The average Bonchev–Trinajstić information content (AvgIpc) is 2.96. The van der Waals surface area contributed by atoms with E-state index in [1.807, 2.05) is 6.92 Å². The molecule has 114 valence electrons. The van der Waals surface area contributed by atoms with Gasteiger partial charge in [0.05, 0.1) is 12.7 Å². The normalized spacial score (nSPS) is 11.7. The highest BCUT2D eigenvalue weighted by molar-refractivity contribution is 7.89. The summed E-state index contributed by atoms with van der Waals surface area (Å²) in [6.07, 6.45) is 3.47. The van der Waals surface area contributed by atoms with E-state index < -0.39 is 21.8 Å². The van der Waals surface area contributed by atoms with E-state index in [-0.39, 0.29) is 17.2 Å². The maximum absolute atomic E-state index is 12.1. The highest BCUT2D eigenvalue weighted by Crippen LogP contribution is 2.19. The van der Waals surface area contributed by atoms with Gasteiger partial charge in [-0.1, -0.05) is 0 Å². The molecule has 0 aromatic carbocycles. The Morgan fingerprint density at radius 2 is 2.19 bits per heavy atom. The maximum atomic E-state index is 12.1. The molecule has 0 aliphatic carbocycles. The van der Waals surface area contributed by atoms with Gasteiger partial charge in [0, 0.05) is 18.8 Å². The van der Waals surface area contributed by atoms with Crippen LogP contribution in [0, 0.1) is 13.8 Å². The molecule has 0 amide bonds. The van der Waals surface area contributed by atoms with Crippen molar-refractivity contribution in [1.82, 2.24) is 14.5 Å². The highest BCUT2D eigenvalue weighted by atomic mass is 32.2. The number of nitrogens with zero attached hydrogens (tertiary/aromatic N) is 2. The van der Waals surface area contributed by atoms with Crippen LogP contribution in [-0.2, 0) is 16.6 Å². The Morgan fingerprint density at radius 3 is 2.71 bits per heavy atom. The molecule has 0 saturated carbocycles. The van der Waals surface area contributed by atoms with Crippen LogP contribution in [0.2, 0.25) is 0 Å². The molecule has 9 heteroatoms. The number of aromatic nitrogens is 2. The molecule has 0 spiro atoms. The summed E-state index contributed by atoms with van der Waals surface area (Å²) in [6, 6.07) is 0.998. The molecule has 2 N–H and O–H groups in total. The molecule has 0 unspecified atom stereocenters. The molecular formula is C12H15N3O5S. The van der Waals surface area contributed by atoms with E-state index in [0.29, 0.717) is 6.54 Å². The fraction of sp³-hybridized carbons (Fsp3) is 0.333. The molecule has 0 bridgehead atoms. The van der Waals surface area contributed by atoms with Crippen molar-refractivity contribution in [2.24, 2.45) is 0 Å². The summed E-state index contributed by atoms with van der Waals surface area (Å²) >= 11 is 0. The second-order valence-corrected chi connectivity index (χ2v) is 6.25. The van der Waals surface area contributed by atoms with Gasteiger partial charge in [-0.2, -0.15) is 5.10 Å². The number of carbonyl (C=O) groups is 1. The van der Waals surface area contributed by atoms with Crippen LogP contribution in [0.3, 0.4) is 0 Å². The van der Waals surface area contributed by atoms with Gasteiger partial charge in [0.15, 0.2) is 0 Å². The number of carboxylic acids is 1. The van der Waals surface area contributed by atoms with Crippen molar-refractivity contribution >= 4 is 16.0 Å². The van der Waals surface area contributed by atoms with Gasteiger partial charge in [0.25, 0.3) is 0 Å². The van der Waals surface area contributed by atoms with Crippen LogP contribution in [0.5, 0.6) is 0 Å². The van der Waals surface area contributed by atoms with Crippen molar-refractivity contribution in [3.05, 3.63) is 35.5 Å². The number of carboxylic acid groups (broad SMARTS) is 1. The van der Waals surface area contributed by atoms with Crippen molar-refractivity contribution in [1.29, 1.82) is 0 Å². The second kappa shape index (κ2) is 5.70. The smallest absolute Gasteiger partial charge is 0.371 e. The molecule has 0 aliphatic rings. The Bertz CT molecular complexity index is 760. The highest BCUT2D eigenvalue weighted by Gasteiger charge is 2.23. The van der Waals surface area contributed by atoms with Gasteiger partial charge in [-0.25, -0.2) is 17.9 Å². The first-order chi connectivity index (χ1) is 9.79. The van der Waals surface area contributed by atoms with Crippen LogP contribution >= 0.6 is 0 Å². The molecule has 2 rings (SSSR count). The zero-order chi connectivity index (χ0) is 15.6. The van der Waals surface area contributed by atoms with Crippen molar-refractivity contribution < 1.29 is 22.7 Å². The van der Waals surface area contributed by atoms with Gasteiger partial charge in [-0.3, -0.25) is 4.68 Å². The predicted molar refractivity (Wildman–Crippen MR) is 72.6 cm³/mol. The van der Waals surface area contributed by atoms with E-state index in [9.17, 15) is 13.2 Å². The zero-order valence-electron chi connectivity index (χ0n) is 11.5. The SMILES string of the molecule is Cc1cnn(CCNS(=O)(=O)c2cc(C(=O)O)oc2C)c1. The lowest BCUT2D eigenvalue weighted by Gasteiger charge is -2.05. The summed E-state index contributed by atoms with van der Waals surface area (Å²) in [5.74, 6) is -1.68. The van der Waals surface area contributed by atoms with Gasteiger partial charge in [-0.15, -0.1) is 0 Å². The molecule has 0 atom stereocenters. The lowest BCUT2D eigenvalue weighted by Crippen LogP contribution is -2.27. The predicted octanol–water partition coefficient (Wildman–Crippen LogP) is 0.770. The number of hydrogen-bond acceptors (Lipinski definition) is 5. The van der Waals surface area contributed by atoms with E-state index in [1.165, 1.54) is 6.92 Å². The number of hydrogen-bond donors (Lipinski definition) is 2. The Labute approximate surface area is 121 Å². The van der Waals surface area contributed by atoms with Crippen LogP contribution in [-0.4, -0.2) is 35.8 Å². The van der Waals surface area contributed by atoms with Gasteiger partial charge in [0.2, 0.25) is 15.8 Å². The molecule has 2 heterocycles. The topological polar surface area (TPSA) is 114 Å². The van der Waals surface area contributed by atoms with E-state index in [4.69, 9.17) is 9.52 Å². The number of rotatable bonds is 6. The molecule has 0 fully saturated rings. The lowest BCUT2D eigenvalue weighted by atomic mass is 10.4. The fourth-order valence-corrected chi connectivity index (χ4v) is 3.00. The summed E-state index contributed by atoms with van der Waals surface area (Å²) in [5, 5.41) is 12.8. The van der Waals surface area contributed by atoms with Gasteiger partial charge in [0.1, 0.15) is 10.7 Å². The first-order valence-corrected chi connectivity index (χ1v) is 7.60. The van der Waals surface area contributed by atoms with E-state index in [0.717, 1.165) is 11.6 Å².